The molecule has 0 fully saturated rings. The summed E-state index contributed by atoms with van der Waals surface area (Å²) in [5, 5.41) is 26.3. The third-order valence-corrected chi connectivity index (χ3v) is 2.62. The summed E-state index contributed by atoms with van der Waals surface area (Å²) >= 11 is 0. The van der Waals surface area contributed by atoms with E-state index < -0.39 is 23.3 Å². The Balaban J connectivity index is 5.27. The Morgan fingerprint density at radius 3 is 1.86 bits per heavy atom. The van der Waals surface area contributed by atoms with Gasteiger partial charge in [0.25, 0.3) is 0 Å². The highest BCUT2D eigenvalue weighted by molar-refractivity contribution is 5.85. The molecule has 78 valence electrons. The van der Waals surface area contributed by atoms with Crippen LogP contribution in [0.3, 0.4) is 0 Å². The Bertz CT molecular complexity index is 275. The predicted octanol–water partition coefficient (Wildman–Crippen LogP) is 1.10. The molecule has 0 rings (SSSR count). The quantitative estimate of drug-likeness (QED) is 0.690. The first-order chi connectivity index (χ1) is 6.46. The largest absolute Gasteiger partial charge is 0.481 e. The molecule has 0 radical (unpaired) electrons. The molecule has 0 aliphatic carbocycles. The van der Waals surface area contributed by atoms with Gasteiger partial charge in [0.05, 0.1) is 11.5 Å². The maximum absolute atomic E-state index is 11.0. The molecule has 14 heavy (non-hydrogen) atoms. The van der Waals surface area contributed by atoms with Crippen molar-refractivity contribution in [3.8, 4) is 6.07 Å². The lowest BCUT2D eigenvalue weighted by atomic mass is 9.72. The summed E-state index contributed by atoms with van der Waals surface area (Å²) in [5.74, 6) is -4.09. The van der Waals surface area contributed by atoms with Crippen LogP contribution in [0, 0.1) is 22.7 Å². The van der Waals surface area contributed by atoms with E-state index >= 15 is 0 Å². The van der Waals surface area contributed by atoms with Gasteiger partial charge >= 0.3 is 11.9 Å². The number of carbonyl (C=O) groups is 2. The van der Waals surface area contributed by atoms with Crippen LogP contribution in [0.4, 0.5) is 0 Å². The number of nitriles is 1. The lowest BCUT2D eigenvalue weighted by Crippen LogP contribution is -2.41. The van der Waals surface area contributed by atoms with Crippen molar-refractivity contribution >= 4 is 11.9 Å². The van der Waals surface area contributed by atoms with E-state index in [4.69, 9.17) is 15.5 Å². The average molecular weight is 199 g/mol. The van der Waals surface area contributed by atoms with Gasteiger partial charge in [-0.05, 0) is 12.8 Å². The molecule has 0 aromatic carbocycles. The summed E-state index contributed by atoms with van der Waals surface area (Å²) in [6.07, 6.45) is 0.257. The average Bonchev–Trinajstić information content (AvgIpc) is 2.12. The molecule has 5 heteroatoms. The Hall–Kier alpha value is -1.57. The zero-order valence-corrected chi connectivity index (χ0v) is 8.15. The second-order valence-corrected chi connectivity index (χ2v) is 3.07. The Labute approximate surface area is 82.0 Å². The van der Waals surface area contributed by atoms with Gasteiger partial charge in [0.15, 0.2) is 5.92 Å². The number of aliphatic carboxylic acids is 2. The zero-order chi connectivity index (χ0) is 11.4. The molecule has 1 atom stereocenters. The second kappa shape index (κ2) is 4.61. The summed E-state index contributed by atoms with van der Waals surface area (Å²) in [5.41, 5.74) is -1.47. The Kier molecular flexibility index (Phi) is 4.09. The normalized spacial score (nSPS) is 12.9. The third-order valence-electron chi connectivity index (χ3n) is 2.62. The zero-order valence-electron chi connectivity index (χ0n) is 8.15. The van der Waals surface area contributed by atoms with Crippen molar-refractivity contribution in [1.29, 1.82) is 5.26 Å². The molecule has 0 heterocycles. The minimum absolute atomic E-state index is 0.128. The maximum Gasteiger partial charge on any atom is 0.322 e. The molecule has 0 bridgehead atoms. The van der Waals surface area contributed by atoms with Crippen molar-refractivity contribution in [2.75, 3.05) is 0 Å². The van der Waals surface area contributed by atoms with Crippen LogP contribution in [0.2, 0.25) is 0 Å². The summed E-state index contributed by atoms with van der Waals surface area (Å²) < 4.78 is 0. The molecule has 5 nitrogen and oxygen atoms in total. The number of rotatable bonds is 5. The van der Waals surface area contributed by atoms with Crippen LogP contribution >= 0.6 is 0 Å². The van der Waals surface area contributed by atoms with Crippen molar-refractivity contribution in [2.24, 2.45) is 11.3 Å². The summed E-state index contributed by atoms with van der Waals surface area (Å²) in [6, 6.07) is 1.55. The van der Waals surface area contributed by atoms with Crippen molar-refractivity contribution in [1.82, 2.24) is 0 Å². The number of carboxylic acid groups (broad SMARTS) is 2. The van der Waals surface area contributed by atoms with E-state index in [0.29, 0.717) is 0 Å². The van der Waals surface area contributed by atoms with E-state index in [9.17, 15) is 9.59 Å². The van der Waals surface area contributed by atoms with Crippen molar-refractivity contribution in [3.05, 3.63) is 0 Å². The van der Waals surface area contributed by atoms with E-state index in [1.807, 2.05) is 0 Å². The van der Waals surface area contributed by atoms with Crippen LogP contribution in [-0.2, 0) is 9.59 Å². The van der Waals surface area contributed by atoms with E-state index in [-0.39, 0.29) is 12.8 Å². The van der Waals surface area contributed by atoms with Crippen LogP contribution in [-0.4, -0.2) is 22.2 Å². The summed E-state index contributed by atoms with van der Waals surface area (Å²) in [4.78, 5) is 21.7. The minimum Gasteiger partial charge on any atom is -0.481 e. The smallest absolute Gasteiger partial charge is 0.322 e. The highest BCUT2D eigenvalue weighted by Gasteiger charge is 2.47. The van der Waals surface area contributed by atoms with Crippen LogP contribution in [0.25, 0.3) is 0 Å². The van der Waals surface area contributed by atoms with Crippen molar-refractivity contribution < 1.29 is 19.8 Å². The standard InChI is InChI=1S/C9H13NO4/c1-3-9(4-2,8(13)14)6(5-10)7(11)12/h6H,3-4H2,1-2H3,(H,11,12)(H,13,14). The van der Waals surface area contributed by atoms with Gasteiger partial charge in [-0.2, -0.15) is 5.26 Å². The van der Waals surface area contributed by atoms with E-state index in [0.717, 1.165) is 0 Å². The minimum atomic E-state index is -1.49. The first-order valence-corrected chi connectivity index (χ1v) is 4.32. The first kappa shape index (κ1) is 12.4. The van der Waals surface area contributed by atoms with Crippen molar-refractivity contribution in [2.45, 2.75) is 26.7 Å². The maximum atomic E-state index is 11.0. The molecule has 0 amide bonds. The van der Waals surface area contributed by atoms with Gasteiger partial charge < -0.3 is 10.2 Å². The summed E-state index contributed by atoms with van der Waals surface area (Å²) in [6.45, 7) is 3.15. The van der Waals surface area contributed by atoms with Crippen LogP contribution in [0.15, 0.2) is 0 Å². The topological polar surface area (TPSA) is 98.4 Å². The van der Waals surface area contributed by atoms with Crippen molar-refractivity contribution in [3.63, 3.8) is 0 Å². The molecule has 0 spiro atoms. The first-order valence-electron chi connectivity index (χ1n) is 4.32. The molecular weight excluding hydrogens is 186 g/mol. The van der Waals surface area contributed by atoms with Gasteiger partial charge in [-0.15, -0.1) is 0 Å². The number of nitrogens with zero attached hydrogens (tertiary/aromatic N) is 1. The Morgan fingerprint density at radius 2 is 1.79 bits per heavy atom. The molecule has 0 saturated heterocycles. The molecule has 1 unspecified atom stereocenters. The summed E-state index contributed by atoms with van der Waals surface area (Å²) in [7, 11) is 0. The lowest BCUT2D eigenvalue weighted by molar-refractivity contribution is -0.160. The predicted molar refractivity (Wildman–Crippen MR) is 47.4 cm³/mol. The SMILES string of the molecule is CCC(CC)(C(=O)O)C(C#N)C(=O)O. The molecule has 2 N–H and O–H groups in total. The molecule has 0 aromatic rings. The molecule has 0 aromatic heterocycles. The number of hydrogen-bond donors (Lipinski definition) is 2. The van der Waals surface area contributed by atoms with Gasteiger partial charge in [-0.1, -0.05) is 13.8 Å². The van der Waals surface area contributed by atoms with Gasteiger partial charge in [-0.3, -0.25) is 9.59 Å². The van der Waals surface area contributed by atoms with E-state index in [1.54, 1.807) is 19.9 Å². The fraction of sp³-hybridized carbons (Fsp3) is 0.667. The number of hydrogen-bond acceptors (Lipinski definition) is 3. The Morgan fingerprint density at radius 1 is 1.36 bits per heavy atom. The highest BCUT2D eigenvalue weighted by Crippen LogP contribution is 2.35. The van der Waals surface area contributed by atoms with Crippen LogP contribution in [0.1, 0.15) is 26.7 Å². The van der Waals surface area contributed by atoms with Gasteiger partial charge in [0.2, 0.25) is 0 Å². The molecule has 0 aliphatic rings. The monoisotopic (exact) mass is 199 g/mol. The third kappa shape index (κ3) is 1.84. The fourth-order valence-corrected chi connectivity index (χ4v) is 1.50. The van der Waals surface area contributed by atoms with Crippen LogP contribution < -0.4 is 0 Å². The van der Waals surface area contributed by atoms with Crippen LogP contribution in [0.5, 0.6) is 0 Å². The molecule has 0 saturated carbocycles. The van der Waals surface area contributed by atoms with E-state index in [1.165, 1.54) is 0 Å². The van der Waals surface area contributed by atoms with Gasteiger partial charge in [0, 0.05) is 0 Å². The number of carboxylic acids is 2. The molecule has 0 aliphatic heterocycles. The lowest BCUT2D eigenvalue weighted by Gasteiger charge is -2.28. The fourth-order valence-electron chi connectivity index (χ4n) is 1.50. The highest BCUT2D eigenvalue weighted by atomic mass is 16.4. The van der Waals surface area contributed by atoms with Gasteiger partial charge in [0.1, 0.15) is 0 Å². The van der Waals surface area contributed by atoms with E-state index in [2.05, 4.69) is 0 Å². The second-order valence-electron chi connectivity index (χ2n) is 3.07. The molecular formula is C9H13NO4. The van der Waals surface area contributed by atoms with Gasteiger partial charge in [-0.25, -0.2) is 0 Å².